The van der Waals surface area contributed by atoms with E-state index < -0.39 is 11.6 Å². The molecule has 0 radical (unpaired) electrons. The van der Waals surface area contributed by atoms with Crippen LogP contribution in [0.1, 0.15) is 0 Å². The minimum absolute atomic E-state index is 0.128. The van der Waals surface area contributed by atoms with E-state index in [1.54, 1.807) is 24.3 Å². The number of rotatable bonds is 2. The minimum atomic E-state index is -0.909. The molecule has 0 aliphatic carbocycles. The first kappa shape index (κ1) is 13.3. The number of pyridine rings is 1. The molecule has 1 aliphatic rings. The Bertz CT molecular complexity index is 722. The van der Waals surface area contributed by atoms with Crippen molar-refractivity contribution < 1.29 is 13.6 Å². The highest BCUT2D eigenvalue weighted by Crippen LogP contribution is 2.35. The summed E-state index contributed by atoms with van der Waals surface area (Å²) in [4.78, 5) is 16.9. The van der Waals surface area contributed by atoms with Crippen LogP contribution in [0.2, 0.25) is 0 Å². The third kappa shape index (κ3) is 2.25. The van der Waals surface area contributed by atoms with Gasteiger partial charge in [0.25, 0.3) is 0 Å². The molecule has 2 heterocycles. The average molecular weight is 291 g/mol. The van der Waals surface area contributed by atoms with Crippen LogP contribution >= 0.6 is 0 Å². The number of benzene rings is 1. The van der Waals surface area contributed by atoms with E-state index >= 15 is 0 Å². The second-order valence-electron chi connectivity index (χ2n) is 4.42. The number of hydrogen-bond acceptors (Lipinski definition) is 5. The Balaban J connectivity index is 2.15. The minimum Gasteiger partial charge on any atom is -0.323 e. The van der Waals surface area contributed by atoms with Crippen molar-refractivity contribution in [1.82, 2.24) is 4.98 Å². The quantitative estimate of drug-likeness (QED) is 0.580. The van der Waals surface area contributed by atoms with E-state index in [9.17, 15) is 13.6 Å². The van der Waals surface area contributed by atoms with Gasteiger partial charge in [-0.2, -0.15) is 0 Å². The summed E-state index contributed by atoms with van der Waals surface area (Å²) in [6, 6.07) is 7.54. The molecular formula is C13H11F2N5O. The average Bonchev–Trinajstić information content (AvgIpc) is 2.46. The standard InChI is InChI=1S/C13H11F2N5O/c14-7-5-8(15)13(18-12(7)19-16)20-6-11(21)17-9-3-1-2-4-10(9)20/h1-5H,6,16H2,(H,17,21)(H,18,19). The largest absolute Gasteiger partial charge is 0.323 e. The monoisotopic (exact) mass is 291 g/mol. The van der Waals surface area contributed by atoms with Crippen molar-refractivity contribution in [2.75, 3.05) is 22.2 Å². The zero-order valence-corrected chi connectivity index (χ0v) is 10.7. The molecule has 0 atom stereocenters. The molecule has 3 rings (SSSR count). The number of amides is 1. The van der Waals surface area contributed by atoms with Gasteiger partial charge in [0.15, 0.2) is 23.3 Å². The highest BCUT2D eigenvalue weighted by molar-refractivity contribution is 6.02. The number of nitrogens with two attached hydrogens (primary N) is 1. The first-order chi connectivity index (χ1) is 10.1. The van der Waals surface area contributed by atoms with E-state index in [0.29, 0.717) is 17.4 Å². The lowest BCUT2D eigenvalue weighted by Crippen LogP contribution is -2.36. The summed E-state index contributed by atoms with van der Waals surface area (Å²) in [6.45, 7) is -0.128. The van der Waals surface area contributed by atoms with Crippen molar-refractivity contribution in [2.45, 2.75) is 0 Å². The summed E-state index contributed by atoms with van der Waals surface area (Å²) >= 11 is 0. The maximum Gasteiger partial charge on any atom is 0.244 e. The normalized spacial score (nSPS) is 13.7. The van der Waals surface area contributed by atoms with Gasteiger partial charge >= 0.3 is 0 Å². The lowest BCUT2D eigenvalue weighted by Gasteiger charge is -2.30. The van der Waals surface area contributed by atoms with Gasteiger partial charge in [0.05, 0.1) is 11.4 Å². The zero-order valence-electron chi connectivity index (χ0n) is 10.7. The maximum absolute atomic E-state index is 14.0. The van der Waals surface area contributed by atoms with Crippen molar-refractivity contribution in [3.05, 3.63) is 42.0 Å². The molecule has 0 unspecified atom stereocenters. The molecule has 0 bridgehead atoms. The van der Waals surface area contributed by atoms with E-state index in [2.05, 4.69) is 15.7 Å². The van der Waals surface area contributed by atoms with Crippen molar-refractivity contribution in [3.63, 3.8) is 0 Å². The molecular weight excluding hydrogens is 280 g/mol. The topological polar surface area (TPSA) is 83.3 Å². The van der Waals surface area contributed by atoms with E-state index in [-0.39, 0.29) is 24.1 Å². The fourth-order valence-electron chi connectivity index (χ4n) is 2.17. The van der Waals surface area contributed by atoms with E-state index in [4.69, 9.17) is 5.84 Å². The lowest BCUT2D eigenvalue weighted by molar-refractivity contribution is -0.115. The number of halogens is 2. The summed E-state index contributed by atoms with van der Waals surface area (Å²) in [5, 5.41) is 2.67. The molecule has 0 saturated heterocycles. The van der Waals surface area contributed by atoms with Crippen LogP contribution in [0.25, 0.3) is 0 Å². The lowest BCUT2D eigenvalue weighted by atomic mass is 10.2. The number of nitrogens with one attached hydrogen (secondary N) is 2. The molecule has 1 aromatic heterocycles. The van der Waals surface area contributed by atoms with E-state index in [0.717, 1.165) is 0 Å². The Hall–Kier alpha value is -2.74. The third-order valence-corrected chi connectivity index (χ3v) is 3.07. The van der Waals surface area contributed by atoms with E-state index in [1.165, 1.54) is 4.90 Å². The number of aromatic nitrogens is 1. The highest BCUT2D eigenvalue weighted by Gasteiger charge is 2.27. The van der Waals surface area contributed by atoms with Crippen molar-refractivity contribution in [2.24, 2.45) is 5.84 Å². The molecule has 6 nitrogen and oxygen atoms in total. The summed E-state index contributed by atoms with van der Waals surface area (Å²) in [5.41, 5.74) is 3.15. The first-order valence-electron chi connectivity index (χ1n) is 6.09. The number of nitrogen functional groups attached to an aromatic ring is 1. The summed E-state index contributed by atoms with van der Waals surface area (Å²) in [5.74, 6) is 2.57. The smallest absolute Gasteiger partial charge is 0.244 e. The predicted molar refractivity (Wildman–Crippen MR) is 74.0 cm³/mol. The van der Waals surface area contributed by atoms with E-state index in [1.807, 2.05) is 0 Å². The number of fused-ring (bicyclic) bond motifs is 1. The van der Waals surface area contributed by atoms with Crippen molar-refractivity contribution >= 4 is 28.9 Å². The molecule has 1 aliphatic heterocycles. The van der Waals surface area contributed by atoms with Crippen LogP contribution in [0, 0.1) is 11.6 Å². The number of carbonyl (C=O) groups excluding carboxylic acids is 1. The third-order valence-electron chi connectivity index (χ3n) is 3.07. The molecule has 1 aromatic carbocycles. The Morgan fingerprint density at radius 2 is 2.05 bits per heavy atom. The molecule has 0 saturated carbocycles. The van der Waals surface area contributed by atoms with Gasteiger partial charge in [0, 0.05) is 6.07 Å². The number of hydrazine groups is 1. The van der Waals surface area contributed by atoms with Crippen LogP contribution in [-0.2, 0) is 4.79 Å². The van der Waals surface area contributed by atoms with Gasteiger partial charge in [-0.05, 0) is 12.1 Å². The molecule has 21 heavy (non-hydrogen) atoms. The number of nitrogens with zero attached hydrogens (tertiary/aromatic N) is 2. The molecule has 4 N–H and O–H groups in total. The molecule has 0 spiro atoms. The van der Waals surface area contributed by atoms with Gasteiger partial charge in [0.2, 0.25) is 5.91 Å². The molecule has 108 valence electrons. The molecule has 0 fully saturated rings. The van der Waals surface area contributed by atoms with Crippen LogP contribution < -0.4 is 21.5 Å². The van der Waals surface area contributed by atoms with Crippen molar-refractivity contribution in [1.29, 1.82) is 0 Å². The van der Waals surface area contributed by atoms with Crippen LogP contribution in [0.3, 0.4) is 0 Å². The number of carbonyl (C=O) groups is 1. The first-order valence-corrected chi connectivity index (χ1v) is 6.09. The van der Waals surface area contributed by atoms with Crippen LogP contribution in [-0.4, -0.2) is 17.4 Å². The van der Waals surface area contributed by atoms with Crippen molar-refractivity contribution in [3.8, 4) is 0 Å². The van der Waals surface area contributed by atoms with Gasteiger partial charge in [-0.1, -0.05) is 12.1 Å². The van der Waals surface area contributed by atoms with Gasteiger partial charge in [0.1, 0.15) is 6.54 Å². The Morgan fingerprint density at radius 1 is 1.29 bits per heavy atom. The van der Waals surface area contributed by atoms with Crippen LogP contribution in [0.15, 0.2) is 30.3 Å². The zero-order chi connectivity index (χ0) is 15.0. The fourth-order valence-corrected chi connectivity index (χ4v) is 2.17. The second kappa shape index (κ2) is 4.98. The Kier molecular flexibility index (Phi) is 3.15. The SMILES string of the molecule is NNc1nc(N2CC(=O)Nc3ccccc32)c(F)cc1F. The Labute approximate surface area is 118 Å². The molecule has 2 aromatic rings. The van der Waals surface area contributed by atoms with Crippen LogP contribution in [0.5, 0.6) is 0 Å². The summed E-state index contributed by atoms with van der Waals surface area (Å²) in [7, 11) is 0. The number of anilines is 4. The summed E-state index contributed by atoms with van der Waals surface area (Å²) in [6.07, 6.45) is 0. The Morgan fingerprint density at radius 3 is 2.81 bits per heavy atom. The van der Waals surface area contributed by atoms with Gasteiger partial charge in [-0.25, -0.2) is 19.6 Å². The fraction of sp³-hybridized carbons (Fsp3) is 0.0769. The van der Waals surface area contributed by atoms with Gasteiger partial charge < -0.3 is 15.6 Å². The maximum atomic E-state index is 14.0. The summed E-state index contributed by atoms with van der Waals surface area (Å²) < 4.78 is 27.5. The molecule has 8 heteroatoms. The number of hydrogen-bond donors (Lipinski definition) is 3. The van der Waals surface area contributed by atoms with Gasteiger partial charge in [-0.15, -0.1) is 0 Å². The molecule has 1 amide bonds. The second-order valence-corrected chi connectivity index (χ2v) is 4.42. The van der Waals surface area contributed by atoms with Gasteiger partial charge in [-0.3, -0.25) is 4.79 Å². The predicted octanol–water partition coefficient (Wildman–Crippen LogP) is 1.74. The number of para-hydroxylation sites is 2. The van der Waals surface area contributed by atoms with Crippen LogP contribution in [0.4, 0.5) is 31.8 Å². The highest BCUT2D eigenvalue weighted by atomic mass is 19.1.